The van der Waals surface area contributed by atoms with Gasteiger partial charge >= 0.3 is 0 Å². The minimum atomic E-state index is -1.23. The number of rotatable bonds is 3. The van der Waals surface area contributed by atoms with E-state index >= 15 is 0 Å². The summed E-state index contributed by atoms with van der Waals surface area (Å²) in [5, 5.41) is 4.91. The Bertz CT molecular complexity index is 657. The zero-order chi connectivity index (χ0) is 17.8. The monoisotopic (exact) mass is 431 g/mol. The smallest absolute Gasteiger partial charge is 0.240 e. The van der Waals surface area contributed by atoms with Crippen molar-refractivity contribution in [2.24, 2.45) is 15.1 Å². The molecule has 1 N–H and O–H groups in total. The number of aliphatic imine (C=N–C) groups is 2. The van der Waals surface area contributed by atoms with Gasteiger partial charge in [-0.25, -0.2) is 19.8 Å². The number of halogens is 3. The molecule has 0 radical (unpaired) electrons. The summed E-state index contributed by atoms with van der Waals surface area (Å²) in [6.07, 6.45) is 3.93. The van der Waals surface area contributed by atoms with E-state index in [2.05, 4.69) is 36.4 Å². The number of guanidine groups is 1. The maximum absolute atomic E-state index is 14.1. The van der Waals surface area contributed by atoms with Crippen molar-refractivity contribution in [1.29, 1.82) is 0 Å². The van der Waals surface area contributed by atoms with Crippen LogP contribution in [-0.2, 0) is 4.74 Å². The third-order valence-electron chi connectivity index (χ3n) is 4.27. The Morgan fingerprint density at radius 2 is 2.24 bits per heavy atom. The van der Waals surface area contributed by atoms with Crippen molar-refractivity contribution in [2.45, 2.75) is 30.5 Å². The molecule has 3 rings (SSSR count). The highest BCUT2D eigenvalue weighted by atomic mass is 79.9. The Morgan fingerprint density at radius 1 is 1.48 bits per heavy atom. The largest absolute Gasteiger partial charge is 0.379 e. The van der Waals surface area contributed by atoms with Gasteiger partial charge in [-0.05, 0) is 24.5 Å². The molecule has 0 aromatic rings. The van der Waals surface area contributed by atoms with Crippen LogP contribution in [0.5, 0.6) is 0 Å². The Kier molecular flexibility index (Phi) is 6.38. The molecule has 0 amide bonds. The van der Waals surface area contributed by atoms with Crippen LogP contribution in [0.2, 0.25) is 0 Å². The van der Waals surface area contributed by atoms with Gasteiger partial charge in [-0.3, -0.25) is 4.90 Å². The van der Waals surface area contributed by atoms with E-state index in [1.54, 1.807) is 6.21 Å². The van der Waals surface area contributed by atoms with E-state index in [1.807, 2.05) is 17.9 Å². The maximum atomic E-state index is 14.1. The van der Waals surface area contributed by atoms with Crippen LogP contribution in [0.3, 0.4) is 0 Å². The van der Waals surface area contributed by atoms with Gasteiger partial charge < -0.3 is 4.74 Å². The van der Waals surface area contributed by atoms with E-state index in [0.29, 0.717) is 32.3 Å². The molecule has 136 valence electrons. The topological polar surface area (TPSA) is 61.6 Å². The van der Waals surface area contributed by atoms with Gasteiger partial charge in [0.2, 0.25) is 5.96 Å². The van der Waals surface area contributed by atoms with Gasteiger partial charge in [-0.2, -0.15) is 5.10 Å². The molecule has 3 atom stereocenters. The number of morpholine rings is 1. The van der Waals surface area contributed by atoms with Crippen molar-refractivity contribution in [3.05, 3.63) is 22.3 Å². The number of hydrazone groups is 1. The molecule has 0 saturated carbocycles. The number of nitrogens with zero attached hydrogens (tertiary/aromatic N) is 4. The Balaban J connectivity index is 1.65. The average molecular weight is 433 g/mol. The van der Waals surface area contributed by atoms with Gasteiger partial charge in [0.1, 0.15) is 6.17 Å². The van der Waals surface area contributed by atoms with Crippen LogP contribution in [0, 0.1) is 0 Å². The van der Waals surface area contributed by atoms with Gasteiger partial charge in [-0.1, -0.05) is 33.6 Å². The first kappa shape index (κ1) is 18.7. The first-order valence-electron chi connectivity index (χ1n) is 8.13. The SMILES string of the molecule is CC1=C(/C=N\NC2=NC(N3CCOCC3)C(F)C=N2)CC(Br)C=C1Cl. The summed E-state index contributed by atoms with van der Waals surface area (Å²) in [7, 11) is 0. The molecule has 2 heterocycles. The first-order chi connectivity index (χ1) is 12.0. The van der Waals surface area contributed by atoms with E-state index in [0.717, 1.165) is 22.6 Å². The highest BCUT2D eigenvalue weighted by Gasteiger charge is 2.30. The second-order valence-electron chi connectivity index (χ2n) is 5.99. The van der Waals surface area contributed by atoms with Gasteiger partial charge in [0, 0.05) is 29.2 Å². The molecule has 2 aliphatic heterocycles. The van der Waals surface area contributed by atoms with E-state index in [-0.39, 0.29) is 4.83 Å². The Hall–Kier alpha value is -1.09. The minimum Gasteiger partial charge on any atom is -0.379 e. The highest BCUT2D eigenvalue weighted by Crippen LogP contribution is 2.30. The van der Waals surface area contributed by atoms with Crippen LogP contribution in [0.4, 0.5) is 4.39 Å². The zero-order valence-corrected chi connectivity index (χ0v) is 16.2. The summed E-state index contributed by atoms with van der Waals surface area (Å²) in [5.74, 6) is 0.299. The highest BCUT2D eigenvalue weighted by molar-refractivity contribution is 9.09. The number of hydrogen-bond donors (Lipinski definition) is 1. The molecule has 0 bridgehead atoms. The fourth-order valence-corrected chi connectivity index (χ4v) is 3.85. The van der Waals surface area contributed by atoms with Crippen molar-refractivity contribution in [3.8, 4) is 0 Å². The number of allylic oxidation sites excluding steroid dienone is 4. The second-order valence-corrected chi connectivity index (χ2v) is 7.58. The van der Waals surface area contributed by atoms with Crippen LogP contribution in [-0.4, -0.2) is 66.8 Å². The van der Waals surface area contributed by atoms with Crippen LogP contribution >= 0.6 is 27.5 Å². The molecule has 1 saturated heterocycles. The molecule has 3 aliphatic rings. The fourth-order valence-electron chi connectivity index (χ4n) is 2.81. The lowest BCUT2D eigenvalue weighted by atomic mass is 9.99. The Morgan fingerprint density at radius 3 is 3.00 bits per heavy atom. The number of hydrogen-bond acceptors (Lipinski definition) is 6. The number of nitrogens with one attached hydrogen (secondary N) is 1. The quantitative estimate of drug-likeness (QED) is 0.424. The van der Waals surface area contributed by atoms with Crippen LogP contribution in [0.25, 0.3) is 0 Å². The Labute approximate surface area is 159 Å². The number of alkyl halides is 2. The molecule has 0 spiro atoms. The van der Waals surface area contributed by atoms with E-state index < -0.39 is 12.3 Å². The summed E-state index contributed by atoms with van der Waals surface area (Å²) in [5.41, 5.74) is 4.81. The lowest BCUT2D eigenvalue weighted by Crippen LogP contribution is -2.49. The van der Waals surface area contributed by atoms with Crippen LogP contribution in [0.15, 0.2) is 37.3 Å². The van der Waals surface area contributed by atoms with Crippen LogP contribution < -0.4 is 5.43 Å². The molecule has 6 nitrogen and oxygen atoms in total. The van der Waals surface area contributed by atoms with Crippen molar-refractivity contribution < 1.29 is 9.13 Å². The summed E-state index contributed by atoms with van der Waals surface area (Å²) in [4.78, 5) is 10.5. The lowest BCUT2D eigenvalue weighted by molar-refractivity contribution is 0.00754. The molecular formula is C16H20BrClFN5O. The van der Waals surface area contributed by atoms with E-state index in [9.17, 15) is 4.39 Å². The zero-order valence-electron chi connectivity index (χ0n) is 13.8. The predicted octanol–water partition coefficient (Wildman–Crippen LogP) is 2.61. The van der Waals surface area contributed by atoms with Gasteiger partial charge in [0.05, 0.1) is 19.4 Å². The van der Waals surface area contributed by atoms with Crippen molar-refractivity contribution in [3.63, 3.8) is 0 Å². The van der Waals surface area contributed by atoms with E-state index in [4.69, 9.17) is 16.3 Å². The standard InChI is InChI=1S/C16H20BrClFN5O/c1-10-11(6-12(17)7-13(10)18)8-21-23-16-20-9-14(19)15(22-16)24-2-4-25-5-3-24/h7-9,12,14-15H,2-6H2,1H3,(H,22,23)/b21-8-. The molecule has 1 aliphatic carbocycles. The lowest BCUT2D eigenvalue weighted by Gasteiger charge is -2.33. The minimum absolute atomic E-state index is 0.188. The van der Waals surface area contributed by atoms with Crippen molar-refractivity contribution in [1.82, 2.24) is 10.3 Å². The maximum Gasteiger partial charge on any atom is 0.240 e. The molecule has 9 heteroatoms. The summed E-state index contributed by atoms with van der Waals surface area (Å²) < 4.78 is 19.4. The number of ether oxygens (including phenoxy) is 1. The third-order valence-corrected chi connectivity index (χ3v) is 5.26. The first-order valence-corrected chi connectivity index (χ1v) is 9.42. The molecule has 0 aromatic heterocycles. The molecule has 0 aromatic carbocycles. The second kappa shape index (κ2) is 8.53. The van der Waals surface area contributed by atoms with Crippen molar-refractivity contribution in [2.75, 3.05) is 26.3 Å². The molecule has 25 heavy (non-hydrogen) atoms. The third kappa shape index (κ3) is 4.75. The molecule has 1 fully saturated rings. The van der Waals surface area contributed by atoms with Crippen LogP contribution in [0.1, 0.15) is 13.3 Å². The molecule has 3 unspecified atom stereocenters. The summed E-state index contributed by atoms with van der Waals surface area (Å²) in [6.45, 7) is 4.45. The molecular weight excluding hydrogens is 413 g/mol. The van der Waals surface area contributed by atoms with E-state index in [1.165, 1.54) is 6.21 Å². The predicted molar refractivity (Wildman–Crippen MR) is 103 cm³/mol. The van der Waals surface area contributed by atoms with Gasteiger partial charge in [0.25, 0.3) is 0 Å². The summed E-state index contributed by atoms with van der Waals surface area (Å²) in [6, 6.07) is 0. The fraction of sp³-hybridized carbons (Fsp3) is 0.562. The summed E-state index contributed by atoms with van der Waals surface area (Å²) >= 11 is 9.73. The average Bonchev–Trinajstić information content (AvgIpc) is 2.61. The van der Waals surface area contributed by atoms with Gasteiger partial charge in [0.15, 0.2) is 6.17 Å². The van der Waals surface area contributed by atoms with Crippen molar-refractivity contribution >= 4 is 45.9 Å². The van der Waals surface area contributed by atoms with Gasteiger partial charge in [-0.15, -0.1) is 0 Å². The normalized spacial score (nSPS) is 31.3.